The van der Waals surface area contributed by atoms with E-state index in [1.807, 2.05) is 46.4 Å². The van der Waals surface area contributed by atoms with Gasteiger partial charge in [0, 0.05) is 21.3 Å². The number of thiazole rings is 1. The zero-order chi connectivity index (χ0) is 11.7. The molecule has 0 bridgehead atoms. The van der Waals surface area contributed by atoms with E-state index >= 15 is 0 Å². The van der Waals surface area contributed by atoms with E-state index in [1.54, 1.807) is 11.3 Å². The van der Waals surface area contributed by atoms with Gasteiger partial charge in [-0.1, -0.05) is 0 Å². The van der Waals surface area contributed by atoms with Gasteiger partial charge in [-0.3, -0.25) is 4.40 Å². The van der Waals surface area contributed by atoms with Crippen LogP contribution in [0.1, 0.15) is 5.69 Å². The molecule has 0 amide bonds. The Labute approximate surface area is 116 Å². The second kappa shape index (κ2) is 4.66. The molecule has 86 valence electrons. The Morgan fingerprint density at radius 3 is 2.88 bits per heavy atom. The molecule has 1 aromatic carbocycles. The molecule has 0 fully saturated rings. The lowest BCUT2D eigenvalue weighted by molar-refractivity contribution is 0.302. The van der Waals surface area contributed by atoms with Crippen LogP contribution in [0.3, 0.4) is 0 Å². The Hall–Kier alpha value is -1.08. The Bertz CT molecular complexity index is 601. The fourth-order valence-corrected chi connectivity index (χ4v) is 2.61. The van der Waals surface area contributed by atoms with E-state index in [9.17, 15) is 0 Å². The minimum Gasteiger partial charge on any atom is -0.487 e. The SMILES string of the molecule is Ic1ccc(OCc2cn3ccsc3n2)cc1. The predicted octanol–water partition coefficient (Wildman–Crippen LogP) is 3.58. The molecule has 17 heavy (non-hydrogen) atoms. The number of benzene rings is 1. The molecule has 0 spiro atoms. The molecule has 0 saturated carbocycles. The van der Waals surface area contributed by atoms with Gasteiger partial charge < -0.3 is 4.74 Å². The number of hydrogen-bond acceptors (Lipinski definition) is 3. The zero-order valence-corrected chi connectivity index (χ0v) is 11.8. The zero-order valence-electron chi connectivity index (χ0n) is 8.84. The third-order valence-corrected chi connectivity index (χ3v) is 3.83. The smallest absolute Gasteiger partial charge is 0.193 e. The molecule has 3 nitrogen and oxygen atoms in total. The first-order valence-corrected chi connectivity index (χ1v) is 7.06. The van der Waals surface area contributed by atoms with Crippen molar-refractivity contribution < 1.29 is 4.74 Å². The summed E-state index contributed by atoms with van der Waals surface area (Å²) in [4.78, 5) is 5.47. The van der Waals surface area contributed by atoms with E-state index in [2.05, 4.69) is 27.6 Å². The van der Waals surface area contributed by atoms with Gasteiger partial charge in [0.25, 0.3) is 0 Å². The van der Waals surface area contributed by atoms with Crippen LogP contribution in [-0.4, -0.2) is 9.38 Å². The van der Waals surface area contributed by atoms with E-state index in [4.69, 9.17) is 4.74 Å². The van der Waals surface area contributed by atoms with Gasteiger partial charge in [0.1, 0.15) is 12.4 Å². The van der Waals surface area contributed by atoms with Gasteiger partial charge >= 0.3 is 0 Å². The van der Waals surface area contributed by atoms with E-state index in [0.29, 0.717) is 6.61 Å². The molecule has 0 aliphatic carbocycles. The van der Waals surface area contributed by atoms with Crippen molar-refractivity contribution in [2.45, 2.75) is 6.61 Å². The summed E-state index contributed by atoms with van der Waals surface area (Å²) < 4.78 is 8.89. The molecule has 2 aromatic heterocycles. The summed E-state index contributed by atoms with van der Waals surface area (Å²) >= 11 is 3.90. The molecule has 0 unspecified atom stereocenters. The number of ether oxygens (including phenoxy) is 1. The molecule has 3 aromatic rings. The Kier molecular flexibility index (Phi) is 3.02. The molecule has 5 heteroatoms. The van der Waals surface area contributed by atoms with Gasteiger partial charge in [-0.15, -0.1) is 11.3 Å². The number of rotatable bonds is 3. The number of fused-ring (bicyclic) bond motifs is 1. The normalized spacial score (nSPS) is 10.9. The molecule has 2 heterocycles. The predicted molar refractivity (Wildman–Crippen MR) is 76.6 cm³/mol. The Morgan fingerprint density at radius 1 is 1.29 bits per heavy atom. The van der Waals surface area contributed by atoms with Crippen molar-refractivity contribution in [3.8, 4) is 5.75 Å². The number of aromatic nitrogens is 2. The summed E-state index contributed by atoms with van der Waals surface area (Å²) in [6.45, 7) is 0.509. The molecular weight excluding hydrogens is 347 g/mol. The summed E-state index contributed by atoms with van der Waals surface area (Å²) in [7, 11) is 0. The Balaban J connectivity index is 1.71. The van der Waals surface area contributed by atoms with Crippen molar-refractivity contribution in [3.05, 3.63) is 51.3 Å². The van der Waals surface area contributed by atoms with Gasteiger partial charge in [-0.05, 0) is 46.9 Å². The highest BCUT2D eigenvalue weighted by molar-refractivity contribution is 14.1. The highest BCUT2D eigenvalue weighted by atomic mass is 127. The molecular formula is C12H9IN2OS. The van der Waals surface area contributed by atoms with Gasteiger partial charge in [0.2, 0.25) is 0 Å². The maximum atomic E-state index is 5.67. The van der Waals surface area contributed by atoms with Crippen molar-refractivity contribution in [1.29, 1.82) is 0 Å². The summed E-state index contributed by atoms with van der Waals surface area (Å²) in [6.07, 6.45) is 4.00. The van der Waals surface area contributed by atoms with E-state index in [0.717, 1.165) is 16.4 Å². The molecule has 0 N–H and O–H groups in total. The van der Waals surface area contributed by atoms with E-state index in [-0.39, 0.29) is 0 Å². The summed E-state index contributed by atoms with van der Waals surface area (Å²) in [5, 5.41) is 2.02. The fraction of sp³-hybridized carbons (Fsp3) is 0.0833. The molecule has 3 rings (SSSR count). The van der Waals surface area contributed by atoms with Crippen LogP contribution in [0, 0.1) is 3.57 Å². The molecule has 0 aliphatic heterocycles. The largest absolute Gasteiger partial charge is 0.487 e. The molecule has 0 atom stereocenters. The highest BCUT2D eigenvalue weighted by Crippen LogP contribution is 2.16. The quantitative estimate of drug-likeness (QED) is 0.671. The fourth-order valence-electron chi connectivity index (χ4n) is 1.53. The molecule has 0 radical (unpaired) electrons. The first-order chi connectivity index (χ1) is 8.31. The van der Waals surface area contributed by atoms with Gasteiger partial charge in [0.15, 0.2) is 4.96 Å². The lowest BCUT2D eigenvalue weighted by atomic mass is 10.3. The van der Waals surface area contributed by atoms with Crippen LogP contribution in [0.15, 0.2) is 42.0 Å². The van der Waals surface area contributed by atoms with Crippen LogP contribution in [0.2, 0.25) is 0 Å². The minimum atomic E-state index is 0.509. The Morgan fingerprint density at radius 2 is 2.12 bits per heavy atom. The third-order valence-electron chi connectivity index (χ3n) is 2.34. The average Bonchev–Trinajstić information content (AvgIpc) is 2.88. The van der Waals surface area contributed by atoms with Crippen LogP contribution < -0.4 is 4.74 Å². The highest BCUT2D eigenvalue weighted by Gasteiger charge is 2.03. The van der Waals surface area contributed by atoms with E-state index in [1.165, 1.54) is 3.57 Å². The first-order valence-electron chi connectivity index (χ1n) is 5.11. The maximum Gasteiger partial charge on any atom is 0.193 e. The van der Waals surface area contributed by atoms with Crippen LogP contribution in [0.5, 0.6) is 5.75 Å². The number of nitrogens with zero attached hydrogens (tertiary/aromatic N) is 2. The van der Waals surface area contributed by atoms with Crippen molar-refractivity contribution >= 4 is 38.9 Å². The lowest BCUT2D eigenvalue weighted by Gasteiger charge is -2.03. The maximum absolute atomic E-state index is 5.67. The molecule has 0 aliphatic rings. The summed E-state index contributed by atoms with van der Waals surface area (Å²) in [5.41, 5.74) is 0.954. The third kappa shape index (κ3) is 2.44. The summed E-state index contributed by atoms with van der Waals surface area (Å²) in [5.74, 6) is 0.877. The van der Waals surface area contributed by atoms with Crippen LogP contribution in [-0.2, 0) is 6.61 Å². The van der Waals surface area contributed by atoms with Crippen molar-refractivity contribution in [2.24, 2.45) is 0 Å². The van der Waals surface area contributed by atoms with Crippen molar-refractivity contribution in [3.63, 3.8) is 0 Å². The van der Waals surface area contributed by atoms with Crippen molar-refractivity contribution in [2.75, 3.05) is 0 Å². The number of halogens is 1. The van der Waals surface area contributed by atoms with Crippen molar-refractivity contribution in [1.82, 2.24) is 9.38 Å². The first kappa shape index (κ1) is 11.0. The monoisotopic (exact) mass is 356 g/mol. The minimum absolute atomic E-state index is 0.509. The topological polar surface area (TPSA) is 26.5 Å². The summed E-state index contributed by atoms with van der Waals surface area (Å²) in [6, 6.07) is 8.00. The van der Waals surface area contributed by atoms with Crippen LogP contribution in [0.25, 0.3) is 4.96 Å². The van der Waals surface area contributed by atoms with Gasteiger partial charge in [0.05, 0.1) is 5.69 Å². The lowest BCUT2D eigenvalue weighted by Crippen LogP contribution is -1.95. The molecule has 0 saturated heterocycles. The second-order valence-corrected chi connectivity index (χ2v) is 5.69. The standard InChI is InChI=1S/C12H9IN2OS/c13-9-1-3-11(4-2-9)16-8-10-7-15-5-6-17-12(15)14-10/h1-7H,8H2. The van der Waals surface area contributed by atoms with Crippen LogP contribution >= 0.6 is 33.9 Å². The van der Waals surface area contributed by atoms with E-state index < -0.39 is 0 Å². The van der Waals surface area contributed by atoms with Gasteiger partial charge in [-0.25, -0.2) is 4.98 Å². The second-order valence-electron chi connectivity index (χ2n) is 3.57. The number of hydrogen-bond donors (Lipinski definition) is 0. The number of imidazole rings is 1. The average molecular weight is 356 g/mol. The van der Waals surface area contributed by atoms with Crippen LogP contribution in [0.4, 0.5) is 0 Å². The van der Waals surface area contributed by atoms with Gasteiger partial charge in [-0.2, -0.15) is 0 Å².